The number of hydrogen-bond acceptors (Lipinski definition) is 3. The van der Waals surface area contributed by atoms with Gasteiger partial charge in [0.15, 0.2) is 5.78 Å². The highest BCUT2D eigenvalue weighted by atomic mass is 35.5. The fourth-order valence-electron chi connectivity index (χ4n) is 2.09. The molecule has 0 radical (unpaired) electrons. The Morgan fingerprint density at radius 3 is 2.94 bits per heavy atom. The van der Waals surface area contributed by atoms with Gasteiger partial charge in [0, 0.05) is 17.5 Å². The molecule has 0 amide bonds. The summed E-state index contributed by atoms with van der Waals surface area (Å²) < 4.78 is 0. The predicted octanol–water partition coefficient (Wildman–Crippen LogP) is 2.97. The molecule has 18 heavy (non-hydrogen) atoms. The number of Topliss-reactive ketones (excluding diaryl/α,β-unsaturated/α-hetero) is 1. The Hall–Kier alpha value is -0.770. The number of nitrogens with one attached hydrogen (secondary N) is 2. The molecule has 1 aromatic carbocycles. The molecule has 1 unspecified atom stereocenters. The fourth-order valence-corrected chi connectivity index (χ4v) is 2.56. The molecule has 1 fully saturated rings. The van der Waals surface area contributed by atoms with E-state index < -0.39 is 0 Å². The number of carbonyl (C=O) groups is 1. The Balaban J connectivity index is 1.88. The van der Waals surface area contributed by atoms with E-state index in [9.17, 15) is 4.79 Å². The van der Waals surface area contributed by atoms with Crippen LogP contribution in [0.3, 0.4) is 0 Å². The Kier molecular flexibility index (Phi) is 4.87. The van der Waals surface area contributed by atoms with Gasteiger partial charge in [-0.1, -0.05) is 23.2 Å². The summed E-state index contributed by atoms with van der Waals surface area (Å²) in [7, 11) is 0. The smallest absolute Gasteiger partial charge is 0.156 e. The van der Waals surface area contributed by atoms with Gasteiger partial charge in [0.1, 0.15) is 0 Å². The fraction of sp³-hybridized carbons (Fsp3) is 0.462. The van der Waals surface area contributed by atoms with Crippen LogP contribution in [0, 0.1) is 5.92 Å². The van der Waals surface area contributed by atoms with Gasteiger partial charge in [0.25, 0.3) is 0 Å². The highest BCUT2D eigenvalue weighted by Gasteiger charge is 2.20. The van der Waals surface area contributed by atoms with Crippen molar-refractivity contribution in [2.24, 2.45) is 5.92 Å². The van der Waals surface area contributed by atoms with E-state index in [1.54, 1.807) is 18.2 Å². The van der Waals surface area contributed by atoms with Gasteiger partial charge in [-0.3, -0.25) is 4.79 Å². The number of piperidine rings is 1. The summed E-state index contributed by atoms with van der Waals surface area (Å²) in [6.45, 7) is 2.11. The first-order valence-electron chi connectivity index (χ1n) is 6.09. The molecule has 1 aliphatic heterocycles. The van der Waals surface area contributed by atoms with Gasteiger partial charge in [-0.2, -0.15) is 0 Å². The average Bonchev–Trinajstić information content (AvgIpc) is 2.38. The highest BCUT2D eigenvalue weighted by molar-refractivity contribution is 6.36. The lowest BCUT2D eigenvalue weighted by Crippen LogP contribution is -2.36. The molecule has 0 bridgehead atoms. The minimum atomic E-state index is 0.123. The second-order valence-electron chi connectivity index (χ2n) is 4.49. The zero-order chi connectivity index (χ0) is 13.0. The second kappa shape index (κ2) is 6.41. The lowest BCUT2D eigenvalue weighted by molar-refractivity contribution is -0.121. The molecule has 0 aliphatic carbocycles. The third-order valence-electron chi connectivity index (χ3n) is 3.14. The van der Waals surface area contributed by atoms with Crippen LogP contribution in [-0.2, 0) is 4.79 Å². The van der Waals surface area contributed by atoms with Crippen molar-refractivity contribution in [3.8, 4) is 0 Å². The molecule has 1 saturated heterocycles. The first kappa shape index (κ1) is 13.7. The van der Waals surface area contributed by atoms with Crippen LogP contribution < -0.4 is 10.6 Å². The largest absolute Gasteiger partial charge is 0.377 e. The molecule has 98 valence electrons. The number of benzene rings is 1. The van der Waals surface area contributed by atoms with E-state index in [1.165, 1.54) is 0 Å². The summed E-state index contributed by atoms with van der Waals surface area (Å²) in [5.41, 5.74) is 0.748. The van der Waals surface area contributed by atoms with E-state index in [2.05, 4.69) is 10.6 Å². The van der Waals surface area contributed by atoms with Crippen LogP contribution in [0.5, 0.6) is 0 Å². The lowest BCUT2D eigenvalue weighted by atomic mass is 9.95. The molecule has 0 aromatic heterocycles. The van der Waals surface area contributed by atoms with Crippen LogP contribution in [-0.4, -0.2) is 25.4 Å². The Morgan fingerprint density at radius 2 is 2.28 bits per heavy atom. The van der Waals surface area contributed by atoms with E-state index in [1.807, 2.05) is 0 Å². The number of carbonyl (C=O) groups excluding carboxylic acids is 1. The van der Waals surface area contributed by atoms with Crippen LogP contribution in [0.2, 0.25) is 10.0 Å². The van der Waals surface area contributed by atoms with Crippen molar-refractivity contribution in [2.45, 2.75) is 12.8 Å². The summed E-state index contributed by atoms with van der Waals surface area (Å²) >= 11 is 11.8. The standard InChI is InChI=1S/C13H16Cl2N2O/c14-10-3-4-12(11(15)6-10)17-8-13(18)9-2-1-5-16-7-9/h3-4,6,9,16-17H,1-2,5,7-8H2. The minimum Gasteiger partial charge on any atom is -0.377 e. The van der Waals surface area contributed by atoms with Gasteiger partial charge in [-0.05, 0) is 37.6 Å². The molecule has 5 heteroatoms. The Bertz CT molecular complexity index is 431. The average molecular weight is 287 g/mol. The number of anilines is 1. The molecule has 2 rings (SSSR count). The maximum atomic E-state index is 12.0. The topological polar surface area (TPSA) is 41.1 Å². The normalized spacial score (nSPS) is 19.6. The van der Waals surface area contributed by atoms with E-state index in [0.717, 1.165) is 31.6 Å². The minimum absolute atomic E-state index is 0.123. The molecular weight excluding hydrogens is 271 g/mol. The maximum absolute atomic E-state index is 12.0. The van der Waals surface area contributed by atoms with Crippen LogP contribution in [0.25, 0.3) is 0 Å². The first-order chi connectivity index (χ1) is 8.66. The van der Waals surface area contributed by atoms with Gasteiger partial charge in [-0.25, -0.2) is 0 Å². The van der Waals surface area contributed by atoms with Crippen LogP contribution in [0.1, 0.15) is 12.8 Å². The van der Waals surface area contributed by atoms with Crippen molar-refractivity contribution in [3.63, 3.8) is 0 Å². The molecule has 1 aliphatic rings. The van der Waals surface area contributed by atoms with Gasteiger partial charge in [0.05, 0.1) is 17.3 Å². The van der Waals surface area contributed by atoms with E-state index in [-0.39, 0.29) is 11.7 Å². The van der Waals surface area contributed by atoms with E-state index >= 15 is 0 Å². The maximum Gasteiger partial charge on any atom is 0.156 e. The van der Waals surface area contributed by atoms with Gasteiger partial charge >= 0.3 is 0 Å². The number of halogens is 2. The highest BCUT2D eigenvalue weighted by Crippen LogP contribution is 2.25. The molecule has 1 aromatic rings. The SMILES string of the molecule is O=C(CNc1ccc(Cl)cc1Cl)C1CCCNC1. The zero-order valence-electron chi connectivity index (χ0n) is 10.0. The molecule has 0 saturated carbocycles. The summed E-state index contributed by atoms with van der Waals surface area (Å²) in [6, 6.07) is 5.21. The third-order valence-corrected chi connectivity index (χ3v) is 3.68. The number of ketones is 1. The molecule has 1 atom stereocenters. The molecule has 0 spiro atoms. The van der Waals surface area contributed by atoms with Crippen LogP contribution in [0.4, 0.5) is 5.69 Å². The summed E-state index contributed by atoms with van der Waals surface area (Å²) in [5.74, 6) is 0.352. The Morgan fingerprint density at radius 1 is 1.44 bits per heavy atom. The van der Waals surface area contributed by atoms with E-state index in [0.29, 0.717) is 16.6 Å². The van der Waals surface area contributed by atoms with Gasteiger partial charge < -0.3 is 10.6 Å². The van der Waals surface area contributed by atoms with Crippen molar-refractivity contribution < 1.29 is 4.79 Å². The van der Waals surface area contributed by atoms with Crippen molar-refractivity contribution in [1.82, 2.24) is 5.32 Å². The summed E-state index contributed by atoms with van der Waals surface area (Å²) in [4.78, 5) is 12.0. The van der Waals surface area contributed by atoms with Gasteiger partial charge in [0.2, 0.25) is 0 Å². The molecular formula is C13H16Cl2N2O. The summed E-state index contributed by atoms with van der Waals surface area (Å²) in [5, 5.41) is 7.44. The van der Waals surface area contributed by atoms with Crippen molar-refractivity contribution >= 4 is 34.7 Å². The third kappa shape index (κ3) is 3.61. The molecule has 2 N–H and O–H groups in total. The number of rotatable bonds is 4. The first-order valence-corrected chi connectivity index (χ1v) is 6.85. The van der Waals surface area contributed by atoms with E-state index in [4.69, 9.17) is 23.2 Å². The monoisotopic (exact) mass is 286 g/mol. The lowest BCUT2D eigenvalue weighted by Gasteiger charge is -2.21. The van der Waals surface area contributed by atoms with Crippen molar-refractivity contribution in [1.29, 1.82) is 0 Å². The molecule has 1 heterocycles. The van der Waals surface area contributed by atoms with Gasteiger partial charge in [-0.15, -0.1) is 0 Å². The summed E-state index contributed by atoms with van der Waals surface area (Å²) in [6.07, 6.45) is 2.04. The number of hydrogen-bond donors (Lipinski definition) is 2. The molecule has 3 nitrogen and oxygen atoms in total. The second-order valence-corrected chi connectivity index (χ2v) is 5.33. The van der Waals surface area contributed by atoms with Crippen LogP contribution in [0.15, 0.2) is 18.2 Å². The Labute approximate surface area is 117 Å². The van der Waals surface area contributed by atoms with Crippen LogP contribution >= 0.6 is 23.2 Å². The van der Waals surface area contributed by atoms with Crippen molar-refractivity contribution in [3.05, 3.63) is 28.2 Å². The quantitative estimate of drug-likeness (QED) is 0.894. The zero-order valence-corrected chi connectivity index (χ0v) is 11.5. The van der Waals surface area contributed by atoms with Crippen molar-refractivity contribution in [2.75, 3.05) is 25.0 Å². The predicted molar refractivity (Wildman–Crippen MR) is 75.6 cm³/mol.